The summed E-state index contributed by atoms with van der Waals surface area (Å²) in [6, 6.07) is 6.14. The Morgan fingerprint density at radius 2 is 2.10 bits per heavy atom. The predicted molar refractivity (Wildman–Crippen MR) is 83.7 cm³/mol. The molecule has 2 atom stereocenters. The highest BCUT2D eigenvalue weighted by molar-refractivity contribution is 9.10. The van der Waals surface area contributed by atoms with Gasteiger partial charge in [0.05, 0.1) is 11.7 Å². The average molecular weight is 339 g/mol. The zero-order valence-electron chi connectivity index (χ0n) is 12.1. The summed E-state index contributed by atoms with van der Waals surface area (Å²) in [4.78, 5) is 0. The Bertz CT molecular complexity index is 480. The number of halogens is 1. The Kier molecular flexibility index (Phi) is 4.21. The minimum atomic E-state index is -0.384. The van der Waals surface area contributed by atoms with Crippen molar-refractivity contribution >= 4 is 15.9 Å². The topological polar surface area (TPSA) is 29.5 Å². The third kappa shape index (κ3) is 2.68. The Morgan fingerprint density at radius 1 is 1.35 bits per heavy atom. The highest BCUT2D eigenvalue weighted by Crippen LogP contribution is 2.46. The molecule has 3 heteroatoms. The number of hydrogen-bond acceptors (Lipinski definition) is 2. The lowest BCUT2D eigenvalue weighted by molar-refractivity contribution is -0.113. The van der Waals surface area contributed by atoms with Gasteiger partial charge in [0.25, 0.3) is 0 Å². The van der Waals surface area contributed by atoms with E-state index in [-0.39, 0.29) is 11.7 Å². The van der Waals surface area contributed by atoms with Gasteiger partial charge in [-0.15, -0.1) is 0 Å². The first kappa shape index (κ1) is 14.6. The molecule has 0 aromatic heterocycles. The third-order valence-electron chi connectivity index (χ3n) is 5.03. The number of aliphatic hydroxyl groups is 1. The molecule has 2 fully saturated rings. The first-order valence-electron chi connectivity index (χ1n) is 7.68. The van der Waals surface area contributed by atoms with E-state index in [2.05, 4.69) is 28.9 Å². The van der Waals surface area contributed by atoms with Crippen molar-refractivity contribution in [3.05, 3.63) is 33.8 Å². The molecular weight excluding hydrogens is 316 g/mol. The van der Waals surface area contributed by atoms with E-state index in [9.17, 15) is 5.11 Å². The molecule has 1 aromatic rings. The SMILES string of the molecule is Cc1cccc(C(O)C2CCOC3(CCCC3)C2)c1Br. The number of aryl methyl sites for hydroxylation is 1. The molecule has 2 unspecified atom stereocenters. The lowest BCUT2D eigenvalue weighted by Gasteiger charge is -2.40. The quantitative estimate of drug-likeness (QED) is 0.858. The first-order chi connectivity index (χ1) is 9.61. The summed E-state index contributed by atoms with van der Waals surface area (Å²) >= 11 is 3.63. The zero-order valence-corrected chi connectivity index (χ0v) is 13.7. The normalized spacial score (nSPS) is 26.9. The van der Waals surface area contributed by atoms with Gasteiger partial charge in [0.1, 0.15) is 0 Å². The van der Waals surface area contributed by atoms with Crippen LogP contribution in [0.4, 0.5) is 0 Å². The van der Waals surface area contributed by atoms with E-state index in [1.54, 1.807) is 0 Å². The Hall–Kier alpha value is -0.380. The molecule has 3 rings (SSSR count). The van der Waals surface area contributed by atoms with Crippen molar-refractivity contribution in [3.8, 4) is 0 Å². The van der Waals surface area contributed by atoms with Crippen molar-refractivity contribution in [1.29, 1.82) is 0 Å². The van der Waals surface area contributed by atoms with Gasteiger partial charge in [0.2, 0.25) is 0 Å². The maximum atomic E-state index is 10.8. The predicted octanol–water partition coefficient (Wildman–Crippen LogP) is 4.53. The smallest absolute Gasteiger partial charge is 0.0831 e. The van der Waals surface area contributed by atoms with Gasteiger partial charge >= 0.3 is 0 Å². The fourth-order valence-electron chi connectivity index (χ4n) is 3.86. The minimum Gasteiger partial charge on any atom is -0.388 e. The van der Waals surface area contributed by atoms with Gasteiger partial charge in [-0.05, 0) is 49.7 Å². The number of aliphatic hydroxyl groups excluding tert-OH is 1. The van der Waals surface area contributed by atoms with Gasteiger partial charge in [-0.25, -0.2) is 0 Å². The van der Waals surface area contributed by atoms with Gasteiger partial charge in [0.15, 0.2) is 0 Å². The summed E-state index contributed by atoms with van der Waals surface area (Å²) in [5.41, 5.74) is 2.29. The van der Waals surface area contributed by atoms with Crippen molar-refractivity contribution in [2.45, 2.75) is 57.2 Å². The molecule has 1 aliphatic heterocycles. The number of benzene rings is 1. The number of rotatable bonds is 2. The Morgan fingerprint density at radius 3 is 2.85 bits per heavy atom. The summed E-state index contributed by atoms with van der Waals surface area (Å²) in [6.45, 7) is 2.87. The Labute approximate surface area is 129 Å². The van der Waals surface area contributed by atoms with Crippen LogP contribution in [-0.4, -0.2) is 17.3 Å². The molecule has 1 aliphatic carbocycles. The van der Waals surface area contributed by atoms with Crippen LogP contribution in [-0.2, 0) is 4.74 Å². The zero-order chi connectivity index (χ0) is 14.2. The van der Waals surface area contributed by atoms with Crippen LogP contribution in [0.2, 0.25) is 0 Å². The maximum Gasteiger partial charge on any atom is 0.0831 e. The van der Waals surface area contributed by atoms with Crippen LogP contribution in [0.1, 0.15) is 55.8 Å². The van der Waals surface area contributed by atoms with Crippen molar-refractivity contribution in [2.75, 3.05) is 6.61 Å². The standard InChI is InChI=1S/C17H23BrO2/c1-12-5-4-6-14(15(12)18)16(19)13-7-10-20-17(11-13)8-2-3-9-17/h4-6,13,16,19H,2-3,7-11H2,1H3. The van der Waals surface area contributed by atoms with Crippen LogP contribution in [0, 0.1) is 12.8 Å². The molecule has 2 aliphatic rings. The van der Waals surface area contributed by atoms with Gasteiger partial charge in [0, 0.05) is 11.1 Å². The van der Waals surface area contributed by atoms with Crippen molar-refractivity contribution in [1.82, 2.24) is 0 Å². The molecule has 1 saturated heterocycles. The second-order valence-corrected chi connectivity index (χ2v) is 7.21. The molecule has 1 N–H and O–H groups in total. The van der Waals surface area contributed by atoms with Crippen molar-refractivity contribution < 1.29 is 9.84 Å². The van der Waals surface area contributed by atoms with E-state index in [4.69, 9.17) is 4.74 Å². The number of hydrogen-bond donors (Lipinski definition) is 1. The number of ether oxygens (including phenoxy) is 1. The molecule has 0 amide bonds. The van der Waals surface area contributed by atoms with E-state index in [0.29, 0.717) is 5.92 Å². The average Bonchev–Trinajstić information content (AvgIpc) is 2.89. The lowest BCUT2D eigenvalue weighted by atomic mass is 9.79. The summed E-state index contributed by atoms with van der Waals surface area (Å²) in [6.07, 6.45) is 6.48. The van der Waals surface area contributed by atoms with Crippen molar-refractivity contribution in [2.24, 2.45) is 5.92 Å². The first-order valence-corrected chi connectivity index (χ1v) is 8.48. The summed E-state index contributed by atoms with van der Waals surface area (Å²) in [5, 5.41) is 10.8. The molecule has 1 saturated carbocycles. The van der Waals surface area contributed by atoms with Crippen LogP contribution in [0.25, 0.3) is 0 Å². The van der Waals surface area contributed by atoms with Crippen molar-refractivity contribution in [3.63, 3.8) is 0 Å². The maximum absolute atomic E-state index is 10.8. The van der Waals surface area contributed by atoms with E-state index < -0.39 is 0 Å². The minimum absolute atomic E-state index is 0.0696. The van der Waals surface area contributed by atoms with E-state index in [1.807, 2.05) is 12.1 Å². The third-order valence-corrected chi connectivity index (χ3v) is 6.12. The molecule has 0 bridgehead atoms. The second-order valence-electron chi connectivity index (χ2n) is 6.41. The van der Waals surface area contributed by atoms with Crippen LogP contribution >= 0.6 is 15.9 Å². The van der Waals surface area contributed by atoms with Crippen LogP contribution in [0.15, 0.2) is 22.7 Å². The highest BCUT2D eigenvalue weighted by atomic mass is 79.9. The van der Waals surface area contributed by atoms with E-state index in [1.165, 1.54) is 31.2 Å². The van der Waals surface area contributed by atoms with Gasteiger partial charge < -0.3 is 9.84 Å². The monoisotopic (exact) mass is 338 g/mol. The fourth-order valence-corrected chi connectivity index (χ4v) is 4.35. The summed E-state index contributed by atoms with van der Waals surface area (Å²) in [7, 11) is 0. The molecule has 1 heterocycles. The van der Waals surface area contributed by atoms with Crippen LogP contribution in [0.5, 0.6) is 0 Å². The summed E-state index contributed by atoms with van der Waals surface area (Å²) < 4.78 is 7.13. The van der Waals surface area contributed by atoms with Gasteiger partial charge in [-0.2, -0.15) is 0 Å². The van der Waals surface area contributed by atoms with Gasteiger partial charge in [-0.1, -0.05) is 47.0 Å². The molecular formula is C17H23BrO2. The van der Waals surface area contributed by atoms with E-state index >= 15 is 0 Å². The lowest BCUT2D eigenvalue weighted by Crippen LogP contribution is -2.39. The highest BCUT2D eigenvalue weighted by Gasteiger charge is 2.42. The second kappa shape index (κ2) is 5.78. The largest absolute Gasteiger partial charge is 0.388 e. The van der Waals surface area contributed by atoms with E-state index in [0.717, 1.165) is 29.5 Å². The summed E-state index contributed by atoms with van der Waals surface area (Å²) in [5.74, 6) is 0.319. The molecule has 1 aromatic carbocycles. The van der Waals surface area contributed by atoms with Crippen LogP contribution in [0.3, 0.4) is 0 Å². The fraction of sp³-hybridized carbons (Fsp3) is 0.647. The Balaban J connectivity index is 1.79. The molecule has 0 radical (unpaired) electrons. The molecule has 1 spiro atoms. The van der Waals surface area contributed by atoms with Gasteiger partial charge in [-0.3, -0.25) is 0 Å². The molecule has 110 valence electrons. The molecule has 2 nitrogen and oxygen atoms in total. The van der Waals surface area contributed by atoms with Crippen LogP contribution < -0.4 is 0 Å². The molecule has 20 heavy (non-hydrogen) atoms.